The highest BCUT2D eigenvalue weighted by molar-refractivity contribution is 5.79. The average Bonchev–Trinajstić information content (AvgIpc) is 3.16. The Morgan fingerprint density at radius 2 is 1.79 bits per heavy atom. The smallest absolute Gasteiger partial charge is 0.191 e. The number of ether oxygens (including phenoxy) is 2. The van der Waals surface area contributed by atoms with Crippen LogP contribution in [0.25, 0.3) is 0 Å². The minimum Gasteiger partial charge on any atom is -0.376 e. The average molecular weight is 331 g/mol. The van der Waals surface area contributed by atoms with Crippen LogP contribution in [0, 0.1) is 5.92 Å². The van der Waals surface area contributed by atoms with Gasteiger partial charge in [-0.05, 0) is 31.2 Å². The van der Waals surface area contributed by atoms with Crippen LogP contribution in [0.4, 0.5) is 0 Å². The van der Waals surface area contributed by atoms with Gasteiger partial charge < -0.3 is 20.1 Å². The van der Waals surface area contributed by atoms with E-state index in [-0.39, 0.29) is 6.10 Å². The van der Waals surface area contributed by atoms with Crippen molar-refractivity contribution in [3.05, 3.63) is 35.9 Å². The van der Waals surface area contributed by atoms with Crippen LogP contribution in [-0.2, 0) is 9.47 Å². The van der Waals surface area contributed by atoms with Gasteiger partial charge in [-0.3, -0.25) is 4.99 Å². The number of nitrogens with one attached hydrogen (secondary N) is 2. The molecule has 0 amide bonds. The third-order valence-electron chi connectivity index (χ3n) is 4.85. The van der Waals surface area contributed by atoms with Gasteiger partial charge in [0.15, 0.2) is 5.96 Å². The van der Waals surface area contributed by atoms with Crippen molar-refractivity contribution in [1.29, 1.82) is 0 Å². The summed E-state index contributed by atoms with van der Waals surface area (Å²) in [5, 5.41) is 6.84. The molecule has 1 aromatic carbocycles. The molecule has 2 heterocycles. The Bertz CT molecular complexity index is 515. The molecule has 2 N–H and O–H groups in total. The highest BCUT2D eigenvalue weighted by atomic mass is 16.5. The van der Waals surface area contributed by atoms with E-state index in [0.717, 1.165) is 51.5 Å². The van der Waals surface area contributed by atoms with Gasteiger partial charge in [0.2, 0.25) is 0 Å². The lowest BCUT2D eigenvalue weighted by molar-refractivity contribution is -0.0265. The molecule has 0 saturated carbocycles. The molecule has 3 atom stereocenters. The second-order valence-electron chi connectivity index (χ2n) is 6.57. The quantitative estimate of drug-likeness (QED) is 0.643. The van der Waals surface area contributed by atoms with Crippen molar-refractivity contribution in [3.63, 3.8) is 0 Å². The fourth-order valence-electron chi connectivity index (χ4n) is 3.53. The normalized spacial score (nSPS) is 27.9. The van der Waals surface area contributed by atoms with E-state index in [0.29, 0.717) is 12.0 Å². The van der Waals surface area contributed by atoms with Crippen molar-refractivity contribution in [1.82, 2.24) is 10.6 Å². The summed E-state index contributed by atoms with van der Waals surface area (Å²) in [6.45, 7) is 3.42. The van der Waals surface area contributed by atoms with Gasteiger partial charge in [-0.2, -0.15) is 0 Å². The topological polar surface area (TPSA) is 54.9 Å². The van der Waals surface area contributed by atoms with Crippen molar-refractivity contribution >= 4 is 5.96 Å². The van der Waals surface area contributed by atoms with Gasteiger partial charge >= 0.3 is 0 Å². The third-order valence-corrected chi connectivity index (χ3v) is 4.85. The molecule has 2 aliphatic heterocycles. The van der Waals surface area contributed by atoms with Crippen molar-refractivity contribution in [2.24, 2.45) is 10.9 Å². The van der Waals surface area contributed by atoms with Gasteiger partial charge in [0.05, 0.1) is 12.2 Å². The number of hydrogen-bond donors (Lipinski definition) is 2. The zero-order valence-electron chi connectivity index (χ0n) is 14.5. The van der Waals surface area contributed by atoms with E-state index in [1.54, 1.807) is 0 Å². The number of hydrogen-bond acceptors (Lipinski definition) is 3. The lowest BCUT2D eigenvalue weighted by Crippen LogP contribution is -2.44. The van der Waals surface area contributed by atoms with Gasteiger partial charge in [0, 0.05) is 39.3 Å². The third kappa shape index (κ3) is 4.71. The van der Waals surface area contributed by atoms with Crippen LogP contribution < -0.4 is 10.6 Å². The summed E-state index contributed by atoms with van der Waals surface area (Å²) in [7, 11) is 1.82. The largest absolute Gasteiger partial charge is 0.376 e. The molecule has 132 valence electrons. The molecule has 0 aliphatic carbocycles. The second kappa shape index (κ2) is 9.04. The van der Waals surface area contributed by atoms with Gasteiger partial charge in [-0.25, -0.2) is 0 Å². The fourth-order valence-corrected chi connectivity index (χ4v) is 3.53. The monoisotopic (exact) mass is 331 g/mol. The van der Waals surface area contributed by atoms with Crippen LogP contribution >= 0.6 is 0 Å². The SMILES string of the molecule is CN=C(NCC1CCCO1)NCC1CCCOC1c1ccccc1. The molecule has 3 unspecified atom stereocenters. The molecule has 0 spiro atoms. The lowest BCUT2D eigenvalue weighted by Gasteiger charge is -2.32. The van der Waals surface area contributed by atoms with E-state index in [2.05, 4.69) is 46.0 Å². The predicted octanol–water partition coefficient (Wildman–Crippen LogP) is 2.50. The molecule has 2 fully saturated rings. The van der Waals surface area contributed by atoms with Crippen molar-refractivity contribution < 1.29 is 9.47 Å². The van der Waals surface area contributed by atoms with E-state index in [1.807, 2.05) is 7.05 Å². The standard InChI is InChI=1S/C19H29N3O2/c1-20-19(22-14-17-10-6-11-23-17)21-13-16-9-5-12-24-18(16)15-7-3-2-4-8-15/h2-4,7-8,16-18H,5-6,9-14H2,1H3,(H2,20,21,22). The molecule has 2 saturated heterocycles. The minimum atomic E-state index is 0.170. The van der Waals surface area contributed by atoms with Gasteiger partial charge in [0.1, 0.15) is 0 Å². The van der Waals surface area contributed by atoms with Crippen molar-refractivity contribution in [3.8, 4) is 0 Å². The van der Waals surface area contributed by atoms with E-state index < -0.39 is 0 Å². The summed E-state index contributed by atoms with van der Waals surface area (Å²) in [6, 6.07) is 10.5. The molecule has 2 aliphatic rings. The van der Waals surface area contributed by atoms with Crippen LogP contribution in [0.1, 0.15) is 37.4 Å². The number of nitrogens with zero attached hydrogens (tertiary/aromatic N) is 1. The van der Waals surface area contributed by atoms with Crippen molar-refractivity contribution in [2.45, 2.75) is 37.9 Å². The summed E-state index contributed by atoms with van der Waals surface area (Å²) in [4.78, 5) is 4.33. The van der Waals surface area contributed by atoms with Crippen LogP contribution in [0.5, 0.6) is 0 Å². The molecule has 3 rings (SSSR count). The molecule has 5 heteroatoms. The first-order valence-electron chi connectivity index (χ1n) is 9.09. The number of aliphatic imine (C=N–C) groups is 1. The van der Waals surface area contributed by atoms with Crippen molar-refractivity contribution in [2.75, 3.05) is 33.4 Å². The van der Waals surface area contributed by atoms with Crippen LogP contribution in [-0.4, -0.2) is 45.4 Å². The lowest BCUT2D eigenvalue weighted by atomic mass is 9.89. The van der Waals surface area contributed by atoms with E-state index in [4.69, 9.17) is 9.47 Å². The first-order chi connectivity index (χ1) is 11.9. The summed E-state index contributed by atoms with van der Waals surface area (Å²) in [5.74, 6) is 1.31. The molecule has 1 aromatic rings. The number of rotatable bonds is 5. The molecule has 0 aromatic heterocycles. The number of guanidine groups is 1. The fraction of sp³-hybridized carbons (Fsp3) is 0.632. The number of benzene rings is 1. The summed E-state index contributed by atoms with van der Waals surface area (Å²) < 4.78 is 11.7. The van der Waals surface area contributed by atoms with E-state index in [9.17, 15) is 0 Å². The van der Waals surface area contributed by atoms with Crippen LogP contribution in [0.15, 0.2) is 35.3 Å². The predicted molar refractivity (Wildman–Crippen MR) is 96.2 cm³/mol. The van der Waals surface area contributed by atoms with Crippen LogP contribution in [0.3, 0.4) is 0 Å². The van der Waals surface area contributed by atoms with E-state index in [1.165, 1.54) is 12.0 Å². The van der Waals surface area contributed by atoms with Crippen LogP contribution in [0.2, 0.25) is 0 Å². The maximum Gasteiger partial charge on any atom is 0.191 e. The zero-order valence-corrected chi connectivity index (χ0v) is 14.5. The summed E-state index contributed by atoms with van der Waals surface area (Å²) >= 11 is 0. The highest BCUT2D eigenvalue weighted by Crippen LogP contribution is 2.32. The Morgan fingerprint density at radius 1 is 1.04 bits per heavy atom. The molecule has 0 bridgehead atoms. The Labute approximate surface area is 144 Å². The Kier molecular flexibility index (Phi) is 6.49. The van der Waals surface area contributed by atoms with E-state index >= 15 is 0 Å². The Balaban J connectivity index is 1.51. The van der Waals surface area contributed by atoms with Gasteiger partial charge in [-0.1, -0.05) is 30.3 Å². The van der Waals surface area contributed by atoms with Gasteiger partial charge in [-0.15, -0.1) is 0 Å². The molecular formula is C19H29N3O2. The Morgan fingerprint density at radius 3 is 2.54 bits per heavy atom. The molecule has 5 nitrogen and oxygen atoms in total. The highest BCUT2D eigenvalue weighted by Gasteiger charge is 2.27. The molecule has 0 radical (unpaired) electrons. The summed E-state index contributed by atoms with van der Waals surface area (Å²) in [5.41, 5.74) is 1.27. The second-order valence-corrected chi connectivity index (χ2v) is 6.57. The zero-order chi connectivity index (χ0) is 16.6. The minimum absolute atomic E-state index is 0.170. The van der Waals surface area contributed by atoms with Gasteiger partial charge in [0.25, 0.3) is 0 Å². The maximum atomic E-state index is 6.06. The summed E-state index contributed by atoms with van der Waals surface area (Å²) in [6.07, 6.45) is 5.09. The molecular weight excluding hydrogens is 302 g/mol. The first kappa shape index (κ1) is 17.2. The first-order valence-corrected chi connectivity index (χ1v) is 9.09. The Hall–Kier alpha value is -1.59. The maximum absolute atomic E-state index is 6.06. The molecule has 24 heavy (non-hydrogen) atoms.